The zero-order valence-corrected chi connectivity index (χ0v) is 16.7. The molecular formula is C17H35N3O3S. The largest absolute Gasteiger partial charge is 0.381 e. The first kappa shape index (κ1) is 21.2. The number of sulfone groups is 1. The summed E-state index contributed by atoms with van der Waals surface area (Å²) < 4.78 is 29.1. The third kappa shape index (κ3) is 6.59. The predicted octanol–water partition coefficient (Wildman–Crippen LogP) is 1.96. The van der Waals surface area contributed by atoms with Crippen LogP contribution in [0, 0.1) is 5.92 Å². The van der Waals surface area contributed by atoms with Crippen molar-refractivity contribution in [3.05, 3.63) is 0 Å². The van der Waals surface area contributed by atoms with Crippen LogP contribution in [0.1, 0.15) is 52.9 Å². The Balaban J connectivity index is 2.55. The Morgan fingerprint density at radius 3 is 2.33 bits per heavy atom. The monoisotopic (exact) mass is 361 g/mol. The molecule has 1 saturated heterocycles. The van der Waals surface area contributed by atoms with Crippen molar-refractivity contribution in [3.8, 4) is 0 Å². The molecule has 0 aromatic rings. The van der Waals surface area contributed by atoms with Gasteiger partial charge in [0.1, 0.15) is 0 Å². The topological polar surface area (TPSA) is 79.8 Å². The lowest BCUT2D eigenvalue weighted by Crippen LogP contribution is -2.54. The molecule has 7 heteroatoms. The Hall–Kier alpha value is -0.820. The van der Waals surface area contributed by atoms with Gasteiger partial charge in [0.05, 0.1) is 4.75 Å². The number of rotatable bonds is 8. The molecule has 0 bridgehead atoms. The smallest absolute Gasteiger partial charge is 0.191 e. The van der Waals surface area contributed by atoms with E-state index in [0.29, 0.717) is 44.6 Å². The maximum atomic E-state index is 12.3. The Morgan fingerprint density at radius 1 is 1.21 bits per heavy atom. The molecule has 0 aromatic carbocycles. The first-order chi connectivity index (χ1) is 11.2. The van der Waals surface area contributed by atoms with Gasteiger partial charge in [-0.3, -0.25) is 4.99 Å². The predicted molar refractivity (Wildman–Crippen MR) is 100 cm³/mol. The normalized spacial score (nSPS) is 20.0. The average Bonchev–Trinajstić information content (AvgIpc) is 2.50. The van der Waals surface area contributed by atoms with Crippen molar-refractivity contribution in [2.24, 2.45) is 10.9 Å². The van der Waals surface area contributed by atoms with Gasteiger partial charge < -0.3 is 15.4 Å². The van der Waals surface area contributed by atoms with Gasteiger partial charge >= 0.3 is 0 Å². The van der Waals surface area contributed by atoms with E-state index in [4.69, 9.17) is 4.74 Å². The summed E-state index contributed by atoms with van der Waals surface area (Å²) in [5, 5.41) is 6.58. The second-order valence-corrected chi connectivity index (χ2v) is 9.77. The summed E-state index contributed by atoms with van der Waals surface area (Å²) >= 11 is 0. The van der Waals surface area contributed by atoms with Gasteiger partial charge in [0.15, 0.2) is 15.8 Å². The molecular weight excluding hydrogens is 326 g/mol. The molecule has 24 heavy (non-hydrogen) atoms. The molecule has 0 spiro atoms. The Kier molecular flexibility index (Phi) is 8.50. The van der Waals surface area contributed by atoms with Gasteiger partial charge in [-0.15, -0.1) is 0 Å². The lowest BCUT2D eigenvalue weighted by Gasteiger charge is -2.36. The van der Waals surface area contributed by atoms with Gasteiger partial charge in [0, 0.05) is 39.1 Å². The minimum absolute atomic E-state index is 0.304. The van der Waals surface area contributed by atoms with Crippen molar-refractivity contribution in [3.63, 3.8) is 0 Å². The second kappa shape index (κ2) is 9.61. The highest BCUT2D eigenvalue weighted by atomic mass is 32.2. The Labute approximate surface area is 147 Å². The van der Waals surface area contributed by atoms with Gasteiger partial charge in [-0.05, 0) is 32.1 Å². The number of guanidine groups is 1. The number of hydrogen-bond acceptors (Lipinski definition) is 4. The second-order valence-electron chi connectivity index (χ2n) is 7.36. The van der Waals surface area contributed by atoms with E-state index in [1.807, 2.05) is 0 Å². The van der Waals surface area contributed by atoms with E-state index in [1.54, 1.807) is 7.05 Å². The average molecular weight is 362 g/mol. The van der Waals surface area contributed by atoms with Crippen molar-refractivity contribution in [1.29, 1.82) is 0 Å². The van der Waals surface area contributed by atoms with E-state index in [9.17, 15) is 8.42 Å². The van der Waals surface area contributed by atoms with Crippen LogP contribution in [0.2, 0.25) is 0 Å². The molecule has 1 rings (SSSR count). The van der Waals surface area contributed by atoms with Crippen molar-refractivity contribution < 1.29 is 13.2 Å². The van der Waals surface area contributed by atoms with Crippen LogP contribution in [0.4, 0.5) is 0 Å². The fourth-order valence-corrected chi connectivity index (χ4v) is 4.24. The lowest BCUT2D eigenvalue weighted by molar-refractivity contribution is 0.0756. The minimum Gasteiger partial charge on any atom is -0.381 e. The van der Waals surface area contributed by atoms with Crippen LogP contribution in [0.15, 0.2) is 4.99 Å². The maximum absolute atomic E-state index is 12.3. The molecule has 1 heterocycles. The molecule has 1 unspecified atom stereocenters. The molecule has 0 aliphatic carbocycles. The van der Waals surface area contributed by atoms with Crippen molar-refractivity contribution in [2.45, 2.75) is 63.7 Å². The lowest BCUT2D eigenvalue weighted by atomic mass is 9.99. The van der Waals surface area contributed by atoms with E-state index < -0.39 is 14.6 Å². The molecule has 6 nitrogen and oxygen atoms in total. The van der Waals surface area contributed by atoms with Crippen LogP contribution in [0.25, 0.3) is 0 Å². The summed E-state index contributed by atoms with van der Waals surface area (Å²) in [5.74, 6) is 1.39. The zero-order valence-electron chi connectivity index (χ0n) is 15.9. The fourth-order valence-electron chi connectivity index (χ4n) is 3.00. The molecule has 0 radical (unpaired) electrons. The number of hydrogen-bond donors (Lipinski definition) is 2. The van der Waals surface area contributed by atoms with E-state index in [1.165, 1.54) is 19.1 Å². The Morgan fingerprint density at radius 2 is 1.83 bits per heavy atom. The zero-order chi connectivity index (χ0) is 18.2. The number of aliphatic imine (C=N–C) groups is 1. The summed E-state index contributed by atoms with van der Waals surface area (Å²) in [6.45, 7) is 7.95. The summed E-state index contributed by atoms with van der Waals surface area (Å²) in [6, 6.07) is 0.304. The van der Waals surface area contributed by atoms with Crippen LogP contribution in [0.5, 0.6) is 0 Å². The number of nitrogens with one attached hydrogen (secondary N) is 2. The molecule has 2 N–H and O–H groups in total. The van der Waals surface area contributed by atoms with Crippen molar-refractivity contribution in [2.75, 3.05) is 33.1 Å². The van der Waals surface area contributed by atoms with Crippen molar-refractivity contribution >= 4 is 15.8 Å². The van der Waals surface area contributed by atoms with E-state index >= 15 is 0 Å². The first-order valence-electron chi connectivity index (χ1n) is 8.95. The maximum Gasteiger partial charge on any atom is 0.191 e. The SMILES string of the molecule is CN=C(NCC1(S(C)(=O)=O)CCOCC1)NC(C)CCCC(C)C. The van der Waals surface area contributed by atoms with Crippen LogP contribution in [-0.4, -0.2) is 58.2 Å². The van der Waals surface area contributed by atoms with Gasteiger partial charge in [-0.25, -0.2) is 8.42 Å². The molecule has 1 aliphatic rings. The fraction of sp³-hybridized carbons (Fsp3) is 0.941. The summed E-state index contributed by atoms with van der Waals surface area (Å²) in [7, 11) is -1.45. The molecule has 0 aromatic heterocycles. The van der Waals surface area contributed by atoms with Gasteiger partial charge in [-0.1, -0.05) is 26.7 Å². The van der Waals surface area contributed by atoms with Crippen LogP contribution in [-0.2, 0) is 14.6 Å². The summed E-state index contributed by atoms with van der Waals surface area (Å²) in [5.41, 5.74) is 0. The molecule has 1 aliphatic heterocycles. The highest BCUT2D eigenvalue weighted by molar-refractivity contribution is 7.92. The summed E-state index contributed by atoms with van der Waals surface area (Å²) in [6.07, 6.45) is 5.84. The van der Waals surface area contributed by atoms with Crippen molar-refractivity contribution in [1.82, 2.24) is 10.6 Å². The van der Waals surface area contributed by atoms with Crippen LogP contribution in [0.3, 0.4) is 0 Å². The molecule has 1 atom stereocenters. The van der Waals surface area contributed by atoms with Crippen LogP contribution < -0.4 is 10.6 Å². The number of ether oxygens (including phenoxy) is 1. The third-order valence-corrected chi connectivity index (χ3v) is 6.92. The highest BCUT2D eigenvalue weighted by Gasteiger charge is 2.42. The summed E-state index contributed by atoms with van der Waals surface area (Å²) in [4.78, 5) is 4.24. The molecule has 1 fully saturated rings. The standard InChI is InChI=1S/C17H35N3O3S/c1-14(2)7-6-8-15(3)20-16(18-4)19-13-17(24(5,21)22)9-11-23-12-10-17/h14-15H,6-13H2,1-5H3,(H2,18,19,20). The molecule has 142 valence electrons. The van der Waals surface area contributed by atoms with Gasteiger partial charge in [0.25, 0.3) is 0 Å². The Bertz CT molecular complexity index is 497. The van der Waals surface area contributed by atoms with Gasteiger partial charge in [-0.2, -0.15) is 0 Å². The van der Waals surface area contributed by atoms with E-state index in [2.05, 4.69) is 36.4 Å². The quantitative estimate of drug-likeness (QED) is 0.510. The highest BCUT2D eigenvalue weighted by Crippen LogP contribution is 2.28. The van der Waals surface area contributed by atoms with Crippen LogP contribution >= 0.6 is 0 Å². The van der Waals surface area contributed by atoms with E-state index in [-0.39, 0.29) is 0 Å². The first-order valence-corrected chi connectivity index (χ1v) is 10.8. The van der Waals surface area contributed by atoms with E-state index in [0.717, 1.165) is 12.3 Å². The third-order valence-electron chi connectivity index (χ3n) is 4.79. The molecule has 0 saturated carbocycles. The van der Waals surface area contributed by atoms with Gasteiger partial charge in [0.2, 0.25) is 0 Å². The minimum atomic E-state index is -3.17. The molecule has 0 amide bonds. The number of nitrogens with zero attached hydrogens (tertiary/aromatic N) is 1.